The Labute approximate surface area is 186 Å². The van der Waals surface area contributed by atoms with Gasteiger partial charge < -0.3 is 20.5 Å². The van der Waals surface area contributed by atoms with Gasteiger partial charge in [-0.1, -0.05) is 41.4 Å². The fourth-order valence-corrected chi connectivity index (χ4v) is 3.91. The molecule has 0 spiro atoms. The van der Waals surface area contributed by atoms with Crippen molar-refractivity contribution in [3.63, 3.8) is 0 Å². The van der Waals surface area contributed by atoms with Crippen molar-refractivity contribution in [1.29, 1.82) is 0 Å². The number of hydrogen-bond acceptors (Lipinski definition) is 3. The van der Waals surface area contributed by atoms with Crippen LogP contribution in [0.1, 0.15) is 35.8 Å². The topological polar surface area (TPSA) is 58.1 Å². The summed E-state index contributed by atoms with van der Waals surface area (Å²) in [6, 6.07) is 21.0. The number of phenolic OH excluding ortho intramolecular Hbond substituents is 1. The molecular formula is C24H23Cl2N2O2+. The van der Waals surface area contributed by atoms with E-state index in [-0.39, 0.29) is 18.0 Å². The van der Waals surface area contributed by atoms with Crippen LogP contribution in [0.5, 0.6) is 11.5 Å². The highest BCUT2D eigenvalue weighted by atomic mass is 35.5. The Morgan fingerprint density at radius 1 is 0.967 bits per heavy atom. The second kappa shape index (κ2) is 9.00. The van der Waals surface area contributed by atoms with E-state index in [0.717, 1.165) is 22.4 Å². The van der Waals surface area contributed by atoms with Crippen molar-refractivity contribution in [2.45, 2.75) is 19.1 Å². The normalized spacial score (nSPS) is 18.4. The highest BCUT2D eigenvalue weighted by Gasteiger charge is 2.30. The zero-order valence-electron chi connectivity index (χ0n) is 16.5. The zero-order chi connectivity index (χ0) is 21.1. The summed E-state index contributed by atoms with van der Waals surface area (Å²) in [5.74, 6) is 0.662. The lowest BCUT2D eigenvalue weighted by atomic mass is 9.97. The third-order valence-corrected chi connectivity index (χ3v) is 5.63. The van der Waals surface area contributed by atoms with Gasteiger partial charge >= 0.3 is 0 Å². The molecule has 0 fully saturated rings. The van der Waals surface area contributed by atoms with Crippen molar-refractivity contribution < 1.29 is 15.2 Å². The van der Waals surface area contributed by atoms with Gasteiger partial charge in [-0.3, -0.25) is 0 Å². The summed E-state index contributed by atoms with van der Waals surface area (Å²) in [7, 11) is 0. The summed E-state index contributed by atoms with van der Waals surface area (Å²) in [6.07, 6.45) is 2.05. The first-order chi connectivity index (χ1) is 14.5. The molecule has 0 bridgehead atoms. The molecule has 1 aliphatic heterocycles. The molecule has 0 aromatic heterocycles. The second-order valence-corrected chi connectivity index (χ2v) is 7.98. The summed E-state index contributed by atoms with van der Waals surface area (Å²) < 4.78 is 5.59. The van der Waals surface area contributed by atoms with Crippen LogP contribution < -0.4 is 15.4 Å². The molecule has 0 radical (unpaired) electrons. The number of phenols is 1. The van der Waals surface area contributed by atoms with Gasteiger partial charge in [-0.15, -0.1) is 0 Å². The molecular weight excluding hydrogens is 419 g/mol. The van der Waals surface area contributed by atoms with E-state index >= 15 is 0 Å². The van der Waals surface area contributed by atoms with Crippen LogP contribution in [0, 0.1) is 0 Å². The Kier molecular flexibility index (Phi) is 6.18. The standard InChI is InChI=1S/C24H22Cl2N2O2/c1-2-30-22-5-3-4-19(23(22)29)21-14-20(15-6-10-17(25)11-7-15)27-24(28-21)16-8-12-18(26)13-9-16/h3-14,21,24,27-29H,2H2,1H3/p+1. The van der Waals surface area contributed by atoms with Gasteiger partial charge in [-0.05, 0) is 61.0 Å². The number of aromatic hydroxyl groups is 1. The molecule has 6 heteroatoms. The number of quaternary nitrogens is 1. The van der Waals surface area contributed by atoms with E-state index in [4.69, 9.17) is 27.9 Å². The van der Waals surface area contributed by atoms with Crippen molar-refractivity contribution in [1.82, 2.24) is 5.32 Å². The maximum Gasteiger partial charge on any atom is 0.186 e. The minimum atomic E-state index is -0.113. The number of benzene rings is 3. The highest BCUT2D eigenvalue weighted by Crippen LogP contribution is 2.35. The Bertz CT molecular complexity index is 1050. The predicted molar refractivity (Wildman–Crippen MR) is 121 cm³/mol. The largest absolute Gasteiger partial charge is 0.504 e. The van der Waals surface area contributed by atoms with Gasteiger partial charge in [-0.25, -0.2) is 0 Å². The highest BCUT2D eigenvalue weighted by molar-refractivity contribution is 6.30. The van der Waals surface area contributed by atoms with E-state index < -0.39 is 0 Å². The number of hydrogen-bond donors (Lipinski definition) is 3. The van der Waals surface area contributed by atoms with Gasteiger partial charge in [0.15, 0.2) is 17.7 Å². The number of para-hydroxylation sites is 1. The first-order valence-corrected chi connectivity index (χ1v) is 10.6. The number of rotatable bonds is 5. The summed E-state index contributed by atoms with van der Waals surface area (Å²) in [5, 5.41) is 18.0. The fourth-order valence-electron chi connectivity index (χ4n) is 3.65. The molecule has 0 saturated heterocycles. The van der Waals surface area contributed by atoms with Crippen molar-refractivity contribution in [3.05, 3.63) is 99.5 Å². The minimum absolute atomic E-state index is 0.0573. The van der Waals surface area contributed by atoms with Crippen LogP contribution in [0.2, 0.25) is 10.0 Å². The smallest absolute Gasteiger partial charge is 0.186 e. The Morgan fingerprint density at radius 3 is 2.30 bits per heavy atom. The molecule has 0 amide bonds. The van der Waals surface area contributed by atoms with E-state index in [1.54, 1.807) is 6.07 Å². The maximum atomic E-state index is 10.8. The predicted octanol–water partition coefficient (Wildman–Crippen LogP) is 5.05. The number of nitrogens with one attached hydrogen (secondary N) is 1. The molecule has 3 aromatic carbocycles. The molecule has 1 heterocycles. The molecule has 2 unspecified atom stereocenters. The first kappa shape index (κ1) is 20.6. The van der Waals surface area contributed by atoms with Gasteiger partial charge in [0.25, 0.3) is 0 Å². The zero-order valence-corrected chi connectivity index (χ0v) is 18.0. The minimum Gasteiger partial charge on any atom is -0.504 e. The number of ether oxygens (including phenoxy) is 1. The summed E-state index contributed by atoms with van der Waals surface area (Å²) in [5.41, 5.74) is 3.88. The monoisotopic (exact) mass is 441 g/mol. The molecule has 0 saturated carbocycles. The second-order valence-electron chi connectivity index (χ2n) is 7.11. The van der Waals surface area contributed by atoms with E-state index in [0.29, 0.717) is 22.4 Å². The van der Waals surface area contributed by atoms with Crippen molar-refractivity contribution in [2.24, 2.45) is 0 Å². The Morgan fingerprint density at radius 2 is 1.63 bits per heavy atom. The average molecular weight is 442 g/mol. The summed E-state index contributed by atoms with van der Waals surface area (Å²) >= 11 is 12.2. The number of halogens is 2. The lowest BCUT2D eigenvalue weighted by Gasteiger charge is -2.30. The lowest BCUT2D eigenvalue weighted by molar-refractivity contribution is -0.731. The molecule has 2 atom stereocenters. The van der Waals surface area contributed by atoms with E-state index in [1.165, 1.54) is 0 Å². The van der Waals surface area contributed by atoms with Gasteiger partial charge in [0.2, 0.25) is 0 Å². The lowest BCUT2D eigenvalue weighted by Crippen LogP contribution is -2.89. The van der Waals surface area contributed by atoms with Crippen LogP contribution in [0.3, 0.4) is 0 Å². The molecule has 4 nitrogen and oxygen atoms in total. The van der Waals surface area contributed by atoms with Gasteiger partial charge in [0, 0.05) is 27.4 Å². The van der Waals surface area contributed by atoms with Crippen molar-refractivity contribution in [2.75, 3.05) is 6.61 Å². The van der Waals surface area contributed by atoms with Crippen LogP contribution in [0.4, 0.5) is 0 Å². The average Bonchev–Trinajstić information content (AvgIpc) is 2.76. The molecule has 4 rings (SSSR count). The van der Waals surface area contributed by atoms with Crippen LogP contribution in [-0.4, -0.2) is 11.7 Å². The third-order valence-electron chi connectivity index (χ3n) is 5.13. The molecule has 3 aromatic rings. The van der Waals surface area contributed by atoms with Crippen molar-refractivity contribution >= 4 is 28.9 Å². The summed E-state index contributed by atoms with van der Waals surface area (Å²) in [4.78, 5) is 0. The molecule has 4 N–H and O–H groups in total. The maximum absolute atomic E-state index is 10.8. The quantitative estimate of drug-likeness (QED) is 0.519. The Balaban J connectivity index is 1.75. The Hall–Kier alpha value is -2.66. The summed E-state index contributed by atoms with van der Waals surface area (Å²) in [6.45, 7) is 2.39. The fraction of sp³-hybridized carbons (Fsp3) is 0.167. The number of nitrogens with two attached hydrogens (primary N) is 1. The van der Waals surface area contributed by atoms with E-state index in [1.807, 2.05) is 67.6 Å². The first-order valence-electron chi connectivity index (χ1n) is 9.84. The van der Waals surface area contributed by atoms with Crippen LogP contribution in [-0.2, 0) is 0 Å². The van der Waals surface area contributed by atoms with Gasteiger partial charge in [0.05, 0.1) is 12.2 Å². The van der Waals surface area contributed by atoms with Crippen LogP contribution in [0.15, 0.2) is 72.8 Å². The van der Waals surface area contributed by atoms with E-state index in [9.17, 15) is 5.11 Å². The van der Waals surface area contributed by atoms with Crippen LogP contribution in [0.25, 0.3) is 5.70 Å². The van der Waals surface area contributed by atoms with Crippen molar-refractivity contribution in [3.8, 4) is 11.5 Å². The molecule has 0 aliphatic carbocycles. The van der Waals surface area contributed by atoms with E-state index in [2.05, 4.69) is 16.7 Å². The van der Waals surface area contributed by atoms with Crippen LogP contribution >= 0.6 is 23.2 Å². The molecule has 30 heavy (non-hydrogen) atoms. The third kappa shape index (κ3) is 4.41. The molecule has 154 valence electrons. The van der Waals surface area contributed by atoms with Gasteiger partial charge in [0.1, 0.15) is 6.04 Å². The van der Waals surface area contributed by atoms with Gasteiger partial charge in [-0.2, -0.15) is 0 Å². The SMILES string of the molecule is CCOc1cccc(C2C=C(c3ccc(Cl)cc3)NC(c3ccc(Cl)cc3)[NH2+]2)c1O. The molecule has 1 aliphatic rings.